The van der Waals surface area contributed by atoms with Gasteiger partial charge in [-0.3, -0.25) is 0 Å². The Morgan fingerprint density at radius 1 is 1.43 bits per heavy atom. The molecule has 1 aromatic rings. The van der Waals surface area contributed by atoms with E-state index in [1.165, 1.54) is 5.56 Å². The first-order valence-corrected chi connectivity index (χ1v) is 5.17. The third kappa shape index (κ3) is 1.88. The van der Waals surface area contributed by atoms with Gasteiger partial charge in [0.1, 0.15) is 0 Å². The van der Waals surface area contributed by atoms with Gasteiger partial charge in [-0.25, -0.2) is 0 Å². The van der Waals surface area contributed by atoms with Crippen LogP contribution in [0.1, 0.15) is 24.3 Å². The summed E-state index contributed by atoms with van der Waals surface area (Å²) in [6.07, 6.45) is 3.44. The Balaban J connectivity index is 1.96. The van der Waals surface area contributed by atoms with Crippen molar-refractivity contribution >= 4 is 0 Å². The second-order valence-electron chi connectivity index (χ2n) is 4.01. The minimum Gasteiger partial charge on any atom is -0.392 e. The number of aliphatic hydroxyl groups is 1. The molecule has 1 heteroatoms. The minimum atomic E-state index is -0.197. The molecule has 3 unspecified atom stereocenters. The number of benzene rings is 1. The van der Waals surface area contributed by atoms with Gasteiger partial charge in [0.05, 0.1) is 6.10 Å². The van der Waals surface area contributed by atoms with E-state index in [9.17, 15) is 5.11 Å². The van der Waals surface area contributed by atoms with Crippen molar-refractivity contribution < 1.29 is 5.11 Å². The molecule has 0 heterocycles. The smallest absolute Gasteiger partial charge is 0.0608 e. The Kier molecular flexibility index (Phi) is 2.69. The lowest BCUT2D eigenvalue weighted by molar-refractivity contribution is 0.152. The molecule has 1 N–H and O–H groups in total. The number of hydrogen-bond donors (Lipinski definition) is 1. The van der Waals surface area contributed by atoms with Crippen molar-refractivity contribution in [3.63, 3.8) is 0 Å². The average molecular weight is 188 g/mol. The Bertz CT molecular complexity index is 304. The average Bonchev–Trinajstić information content (AvgIpc) is 2.99. The largest absolute Gasteiger partial charge is 0.392 e. The molecule has 1 saturated carbocycles. The highest BCUT2D eigenvalue weighted by molar-refractivity contribution is 5.26. The van der Waals surface area contributed by atoms with Crippen molar-refractivity contribution in [2.75, 3.05) is 0 Å². The molecule has 0 spiro atoms. The first kappa shape index (κ1) is 9.47. The van der Waals surface area contributed by atoms with Gasteiger partial charge in [-0.1, -0.05) is 36.4 Å². The van der Waals surface area contributed by atoms with E-state index >= 15 is 0 Å². The van der Waals surface area contributed by atoms with E-state index in [2.05, 4.69) is 30.8 Å². The molecule has 1 nitrogen and oxygen atoms in total. The van der Waals surface area contributed by atoms with Gasteiger partial charge in [0, 0.05) is 0 Å². The molecule has 1 aromatic carbocycles. The molecule has 1 aliphatic carbocycles. The van der Waals surface area contributed by atoms with Crippen LogP contribution in [-0.2, 0) is 0 Å². The monoisotopic (exact) mass is 188 g/mol. The molecule has 0 aliphatic heterocycles. The maximum atomic E-state index is 9.75. The molecule has 0 amide bonds. The molecule has 14 heavy (non-hydrogen) atoms. The van der Waals surface area contributed by atoms with Gasteiger partial charge in [0.25, 0.3) is 0 Å². The second kappa shape index (κ2) is 3.97. The van der Waals surface area contributed by atoms with Crippen LogP contribution in [0.5, 0.6) is 0 Å². The molecular formula is C13H16O. The molecule has 1 aliphatic rings. The minimum absolute atomic E-state index is 0.197. The van der Waals surface area contributed by atoms with Crippen molar-refractivity contribution in [1.29, 1.82) is 0 Å². The molecular weight excluding hydrogens is 172 g/mol. The third-order valence-electron chi connectivity index (χ3n) is 2.97. The standard InChI is InChI=1S/C13H16O/c1-2-6-13(14)12-9-11(12)10-7-4-3-5-8-10/h2-5,7-8,11-14H,1,6,9H2. The zero-order valence-corrected chi connectivity index (χ0v) is 8.26. The van der Waals surface area contributed by atoms with Crippen molar-refractivity contribution in [3.05, 3.63) is 48.6 Å². The summed E-state index contributed by atoms with van der Waals surface area (Å²) in [7, 11) is 0. The summed E-state index contributed by atoms with van der Waals surface area (Å²) in [6, 6.07) is 10.4. The second-order valence-corrected chi connectivity index (χ2v) is 4.01. The van der Waals surface area contributed by atoms with Gasteiger partial charge < -0.3 is 5.11 Å². The molecule has 0 bridgehead atoms. The fraction of sp³-hybridized carbons (Fsp3) is 0.385. The Labute approximate surface area is 85.1 Å². The van der Waals surface area contributed by atoms with Crippen molar-refractivity contribution in [3.8, 4) is 0 Å². The Hall–Kier alpha value is -1.08. The van der Waals surface area contributed by atoms with E-state index in [-0.39, 0.29) is 6.10 Å². The summed E-state index contributed by atoms with van der Waals surface area (Å²) in [5, 5.41) is 9.75. The fourth-order valence-corrected chi connectivity index (χ4v) is 2.07. The lowest BCUT2D eigenvalue weighted by Gasteiger charge is -2.06. The molecule has 74 valence electrons. The Morgan fingerprint density at radius 3 is 2.79 bits per heavy atom. The molecule has 0 aromatic heterocycles. The number of rotatable bonds is 4. The fourth-order valence-electron chi connectivity index (χ4n) is 2.07. The quantitative estimate of drug-likeness (QED) is 0.720. The van der Waals surface area contributed by atoms with Crippen LogP contribution in [0.15, 0.2) is 43.0 Å². The van der Waals surface area contributed by atoms with Crippen molar-refractivity contribution in [2.24, 2.45) is 5.92 Å². The molecule has 1 fully saturated rings. The van der Waals surface area contributed by atoms with Gasteiger partial charge in [-0.05, 0) is 30.2 Å². The SMILES string of the molecule is C=CCC(O)C1CC1c1ccccc1. The zero-order valence-electron chi connectivity index (χ0n) is 8.26. The highest BCUT2D eigenvalue weighted by atomic mass is 16.3. The van der Waals surface area contributed by atoms with Crippen LogP contribution >= 0.6 is 0 Å². The Morgan fingerprint density at radius 2 is 2.14 bits per heavy atom. The number of aliphatic hydroxyl groups excluding tert-OH is 1. The predicted octanol–water partition coefficient (Wildman–Crippen LogP) is 2.73. The van der Waals surface area contributed by atoms with Crippen LogP contribution in [0.4, 0.5) is 0 Å². The van der Waals surface area contributed by atoms with Crippen LogP contribution in [0.25, 0.3) is 0 Å². The van der Waals surface area contributed by atoms with Crippen LogP contribution in [0, 0.1) is 5.92 Å². The van der Waals surface area contributed by atoms with E-state index < -0.39 is 0 Å². The summed E-state index contributed by atoms with van der Waals surface area (Å²) in [5.74, 6) is 1.03. The van der Waals surface area contributed by atoms with Gasteiger partial charge in [0.15, 0.2) is 0 Å². The van der Waals surface area contributed by atoms with E-state index in [0.29, 0.717) is 18.3 Å². The maximum absolute atomic E-state index is 9.75. The third-order valence-corrected chi connectivity index (χ3v) is 2.97. The van der Waals surface area contributed by atoms with E-state index in [1.807, 2.05) is 6.07 Å². The van der Waals surface area contributed by atoms with Gasteiger partial charge >= 0.3 is 0 Å². The van der Waals surface area contributed by atoms with Gasteiger partial charge in [0.2, 0.25) is 0 Å². The van der Waals surface area contributed by atoms with Gasteiger partial charge in [-0.2, -0.15) is 0 Å². The summed E-state index contributed by atoms with van der Waals surface area (Å²) in [6.45, 7) is 3.65. The predicted molar refractivity (Wildman–Crippen MR) is 58.1 cm³/mol. The van der Waals surface area contributed by atoms with Crippen molar-refractivity contribution in [1.82, 2.24) is 0 Å². The first-order chi connectivity index (χ1) is 6.83. The highest BCUT2D eigenvalue weighted by Gasteiger charge is 2.42. The molecule has 0 saturated heterocycles. The summed E-state index contributed by atoms with van der Waals surface area (Å²) < 4.78 is 0. The molecule has 2 rings (SSSR count). The van der Waals surface area contributed by atoms with Crippen molar-refractivity contribution in [2.45, 2.75) is 24.9 Å². The lowest BCUT2D eigenvalue weighted by atomic mass is 10.1. The van der Waals surface area contributed by atoms with Gasteiger partial charge in [-0.15, -0.1) is 6.58 Å². The molecule has 3 atom stereocenters. The topological polar surface area (TPSA) is 20.2 Å². The lowest BCUT2D eigenvalue weighted by Crippen LogP contribution is -2.08. The number of hydrogen-bond acceptors (Lipinski definition) is 1. The summed E-state index contributed by atoms with van der Waals surface area (Å²) in [4.78, 5) is 0. The van der Waals surface area contributed by atoms with E-state index in [1.54, 1.807) is 6.08 Å². The summed E-state index contributed by atoms with van der Waals surface area (Å²) >= 11 is 0. The van der Waals surface area contributed by atoms with Crippen LogP contribution in [0.3, 0.4) is 0 Å². The van der Waals surface area contributed by atoms with E-state index in [4.69, 9.17) is 0 Å². The summed E-state index contributed by atoms with van der Waals surface area (Å²) in [5.41, 5.74) is 1.36. The zero-order chi connectivity index (χ0) is 9.97. The highest BCUT2D eigenvalue weighted by Crippen LogP contribution is 2.50. The molecule has 0 radical (unpaired) electrons. The normalized spacial score (nSPS) is 26.9. The van der Waals surface area contributed by atoms with Crippen LogP contribution in [-0.4, -0.2) is 11.2 Å². The maximum Gasteiger partial charge on any atom is 0.0608 e. The van der Waals surface area contributed by atoms with Crippen LogP contribution in [0.2, 0.25) is 0 Å². The van der Waals surface area contributed by atoms with E-state index in [0.717, 1.165) is 6.42 Å². The first-order valence-electron chi connectivity index (χ1n) is 5.17. The van der Waals surface area contributed by atoms with Crippen LogP contribution < -0.4 is 0 Å².